The van der Waals surface area contributed by atoms with Crippen LogP contribution in [0, 0.1) is 23.7 Å². The molecule has 1 N–H and O–H groups in total. The number of aromatic nitrogens is 1. The van der Waals surface area contributed by atoms with Crippen molar-refractivity contribution in [2.75, 3.05) is 45.9 Å². The van der Waals surface area contributed by atoms with Crippen LogP contribution in [0.25, 0.3) is 0 Å². The standard InChI is InChI=1S/C20H29N3O3/c1-14-8-15(16(24)9-21-14)18(25)23-10-17-19(2,3)11-20(17,13-23)12-22-4-6-26-7-5-22/h8-9,17,24H,4-7,10-13H2,1-3H3/t17-,20+/m1/s1. The van der Waals surface area contributed by atoms with Crippen LogP contribution in [-0.2, 0) is 4.74 Å². The van der Waals surface area contributed by atoms with Crippen LogP contribution in [0.5, 0.6) is 5.75 Å². The Balaban J connectivity index is 1.54. The molecule has 0 aromatic carbocycles. The predicted molar refractivity (Wildman–Crippen MR) is 98.1 cm³/mol. The number of nitrogens with zero attached hydrogens (tertiary/aromatic N) is 3. The highest BCUT2D eigenvalue weighted by molar-refractivity contribution is 5.97. The van der Waals surface area contributed by atoms with Gasteiger partial charge in [-0.25, -0.2) is 0 Å². The number of pyridine rings is 1. The first-order valence-electron chi connectivity index (χ1n) is 9.56. The van der Waals surface area contributed by atoms with E-state index in [2.05, 4.69) is 23.7 Å². The van der Waals surface area contributed by atoms with Crippen molar-refractivity contribution in [1.29, 1.82) is 0 Å². The van der Waals surface area contributed by atoms with E-state index >= 15 is 0 Å². The van der Waals surface area contributed by atoms with Gasteiger partial charge in [0.05, 0.1) is 25.0 Å². The smallest absolute Gasteiger partial charge is 0.257 e. The van der Waals surface area contributed by atoms with Crippen molar-refractivity contribution < 1.29 is 14.6 Å². The van der Waals surface area contributed by atoms with E-state index in [9.17, 15) is 9.90 Å². The molecule has 0 bridgehead atoms. The van der Waals surface area contributed by atoms with Crippen molar-refractivity contribution in [3.63, 3.8) is 0 Å². The molecule has 1 aromatic heterocycles. The van der Waals surface area contributed by atoms with Gasteiger partial charge in [-0.3, -0.25) is 14.7 Å². The van der Waals surface area contributed by atoms with Crippen molar-refractivity contribution in [3.05, 3.63) is 23.5 Å². The number of ether oxygens (including phenoxy) is 1. The molecular weight excluding hydrogens is 330 g/mol. The molecule has 1 aliphatic carbocycles. The molecule has 6 heteroatoms. The number of likely N-dealkylation sites (tertiary alicyclic amines) is 1. The monoisotopic (exact) mass is 359 g/mol. The summed E-state index contributed by atoms with van der Waals surface area (Å²) in [5.41, 5.74) is 1.56. The molecule has 3 aliphatic rings. The number of hydrogen-bond donors (Lipinski definition) is 1. The molecule has 2 saturated heterocycles. The normalized spacial score (nSPS) is 30.7. The second kappa shape index (κ2) is 6.20. The van der Waals surface area contributed by atoms with Crippen molar-refractivity contribution in [2.45, 2.75) is 27.2 Å². The van der Waals surface area contributed by atoms with Crippen LogP contribution < -0.4 is 0 Å². The summed E-state index contributed by atoms with van der Waals surface area (Å²) in [5.74, 6) is 0.410. The fourth-order valence-electron chi connectivity index (χ4n) is 5.59. The van der Waals surface area contributed by atoms with Gasteiger partial charge in [-0.15, -0.1) is 0 Å². The van der Waals surface area contributed by atoms with Gasteiger partial charge in [-0.2, -0.15) is 0 Å². The lowest BCUT2D eigenvalue weighted by atomic mass is 9.48. The molecule has 1 aromatic rings. The number of aromatic hydroxyl groups is 1. The number of hydrogen-bond acceptors (Lipinski definition) is 5. The van der Waals surface area contributed by atoms with Gasteiger partial charge in [-0.05, 0) is 30.7 Å². The van der Waals surface area contributed by atoms with E-state index in [1.807, 2.05) is 11.8 Å². The number of rotatable bonds is 3. The Morgan fingerprint density at radius 1 is 1.38 bits per heavy atom. The maximum atomic E-state index is 13.1. The maximum absolute atomic E-state index is 13.1. The number of carbonyl (C=O) groups excluding carboxylic acids is 1. The summed E-state index contributed by atoms with van der Waals surface area (Å²) in [7, 11) is 0. The van der Waals surface area contributed by atoms with Crippen molar-refractivity contribution in [1.82, 2.24) is 14.8 Å². The van der Waals surface area contributed by atoms with Crippen LogP contribution in [-0.4, -0.2) is 71.7 Å². The minimum atomic E-state index is -0.0699. The van der Waals surface area contributed by atoms with Crippen LogP contribution in [0.4, 0.5) is 0 Å². The minimum absolute atomic E-state index is 0.0265. The lowest BCUT2D eigenvalue weighted by Gasteiger charge is -2.58. The van der Waals surface area contributed by atoms with Crippen LogP contribution >= 0.6 is 0 Å². The Labute approximate surface area is 155 Å². The molecule has 0 radical (unpaired) electrons. The fraction of sp³-hybridized carbons (Fsp3) is 0.700. The molecular formula is C20H29N3O3. The van der Waals surface area contributed by atoms with Crippen LogP contribution in [0.15, 0.2) is 12.3 Å². The van der Waals surface area contributed by atoms with E-state index < -0.39 is 0 Å². The van der Waals surface area contributed by atoms with Gasteiger partial charge >= 0.3 is 0 Å². The third kappa shape index (κ3) is 2.89. The zero-order valence-corrected chi connectivity index (χ0v) is 16.0. The second-order valence-electron chi connectivity index (χ2n) is 9.00. The average molecular weight is 359 g/mol. The van der Waals surface area contributed by atoms with E-state index in [1.54, 1.807) is 6.07 Å². The summed E-state index contributed by atoms with van der Waals surface area (Å²) >= 11 is 0. The molecule has 0 spiro atoms. The molecule has 4 rings (SSSR count). The Bertz CT molecular complexity index is 714. The number of aryl methyl sites for hydroxylation is 1. The predicted octanol–water partition coefficient (Wildman–Crippen LogP) is 1.92. The van der Waals surface area contributed by atoms with Gasteiger partial charge in [0.15, 0.2) is 0 Å². The molecule has 3 fully saturated rings. The Morgan fingerprint density at radius 2 is 2.12 bits per heavy atom. The molecule has 1 amide bonds. The maximum Gasteiger partial charge on any atom is 0.257 e. The summed E-state index contributed by atoms with van der Waals surface area (Å²) in [6.45, 7) is 12.6. The van der Waals surface area contributed by atoms with Gasteiger partial charge in [0.1, 0.15) is 5.75 Å². The Morgan fingerprint density at radius 3 is 2.81 bits per heavy atom. The number of amides is 1. The van der Waals surface area contributed by atoms with Gasteiger partial charge in [0.2, 0.25) is 0 Å². The number of fused-ring (bicyclic) bond motifs is 1. The fourth-order valence-corrected chi connectivity index (χ4v) is 5.59. The van der Waals surface area contributed by atoms with Gasteiger partial charge < -0.3 is 14.7 Å². The van der Waals surface area contributed by atoms with Gasteiger partial charge in [0.25, 0.3) is 5.91 Å². The highest BCUT2D eigenvalue weighted by atomic mass is 16.5. The Hall–Kier alpha value is -1.66. The van der Waals surface area contributed by atoms with Crippen molar-refractivity contribution in [2.24, 2.45) is 16.7 Å². The quantitative estimate of drug-likeness (QED) is 0.893. The number of morpholine rings is 1. The van der Waals surface area contributed by atoms with Crippen LogP contribution in [0.1, 0.15) is 36.3 Å². The molecule has 6 nitrogen and oxygen atoms in total. The molecule has 0 unspecified atom stereocenters. The summed E-state index contributed by atoms with van der Waals surface area (Å²) in [6, 6.07) is 1.69. The van der Waals surface area contributed by atoms with Crippen molar-refractivity contribution in [3.8, 4) is 5.75 Å². The molecule has 142 valence electrons. The largest absolute Gasteiger partial charge is 0.505 e. The Kier molecular flexibility index (Phi) is 4.23. The zero-order valence-electron chi connectivity index (χ0n) is 16.0. The lowest BCUT2D eigenvalue weighted by Crippen LogP contribution is -2.59. The first kappa shape index (κ1) is 17.7. The topological polar surface area (TPSA) is 65.9 Å². The van der Waals surface area contributed by atoms with E-state index in [0.29, 0.717) is 11.5 Å². The van der Waals surface area contributed by atoms with E-state index in [-0.39, 0.29) is 22.5 Å². The van der Waals surface area contributed by atoms with E-state index in [0.717, 1.165) is 58.1 Å². The minimum Gasteiger partial charge on any atom is -0.505 e. The van der Waals surface area contributed by atoms with E-state index in [1.165, 1.54) is 6.20 Å². The van der Waals surface area contributed by atoms with Crippen LogP contribution in [0.3, 0.4) is 0 Å². The number of carbonyl (C=O) groups is 1. The highest BCUT2D eigenvalue weighted by Crippen LogP contribution is 2.63. The summed E-state index contributed by atoms with van der Waals surface area (Å²) in [4.78, 5) is 21.6. The molecule has 26 heavy (non-hydrogen) atoms. The first-order valence-corrected chi connectivity index (χ1v) is 9.56. The second-order valence-corrected chi connectivity index (χ2v) is 9.00. The summed E-state index contributed by atoms with van der Waals surface area (Å²) in [6.07, 6.45) is 2.52. The summed E-state index contributed by atoms with van der Waals surface area (Å²) < 4.78 is 5.48. The van der Waals surface area contributed by atoms with Crippen LogP contribution in [0.2, 0.25) is 0 Å². The van der Waals surface area contributed by atoms with Crippen molar-refractivity contribution >= 4 is 5.91 Å². The van der Waals surface area contributed by atoms with Gasteiger partial charge in [-0.1, -0.05) is 13.8 Å². The van der Waals surface area contributed by atoms with Gasteiger partial charge in [0, 0.05) is 43.8 Å². The van der Waals surface area contributed by atoms with E-state index in [4.69, 9.17) is 4.74 Å². The average Bonchev–Trinajstić information content (AvgIpc) is 2.92. The zero-order chi connectivity index (χ0) is 18.5. The summed E-state index contributed by atoms with van der Waals surface area (Å²) in [5, 5.41) is 10.1. The SMILES string of the molecule is Cc1cc(C(=O)N2C[C@@H]3C(C)(C)C[C@]3(CN3CCOCC3)C2)c(O)cn1. The molecule has 3 heterocycles. The lowest BCUT2D eigenvalue weighted by molar-refractivity contribution is -0.0966. The third-order valence-corrected chi connectivity index (χ3v) is 6.58. The molecule has 2 aliphatic heterocycles. The highest BCUT2D eigenvalue weighted by Gasteiger charge is 2.63. The third-order valence-electron chi connectivity index (χ3n) is 6.58. The molecule has 2 atom stereocenters. The molecule has 1 saturated carbocycles. The first-order chi connectivity index (χ1) is 12.3.